The highest BCUT2D eigenvalue weighted by Crippen LogP contribution is 2.30. The number of nitrogens with two attached hydrogens (primary N) is 1. The van der Waals surface area contributed by atoms with Crippen LogP contribution in [0, 0.1) is 0 Å². The first-order valence-electron chi connectivity index (χ1n) is 5.31. The molecule has 2 rings (SSSR count). The molecule has 0 aromatic heterocycles. The molecule has 3 amide bonds. The maximum absolute atomic E-state index is 11.7. The first kappa shape index (κ1) is 11.4. The quantitative estimate of drug-likeness (QED) is 0.377. The van der Waals surface area contributed by atoms with Crippen LogP contribution in [-0.4, -0.2) is 19.0 Å². The first-order chi connectivity index (χ1) is 8.17. The number of fused-ring (bicyclic) bond motifs is 1. The Hall–Kier alpha value is -2.08. The summed E-state index contributed by atoms with van der Waals surface area (Å²) in [6, 6.07) is 4.88. The smallest absolute Gasteiger partial charge is 0.342 e. The van der Waals surface area contributed by atoms with Gasteiger partial charge in [-0.15, -0.1) is 0 Å². The van der Waals surface area contributed by atoms with Crippen molar-refractivity contribution in [1.29, 1.82) is 0 Å². The van der Waals surface area contributed by atoms with Gasteiger partial charge in [-0.3, -0.25) is 10.2 Å². The average Bonchev–Trinajstić information content (AvgIpc) is 2.37. The summed E-state index contributed by atoms with van der Waals surface area (Å²) in [5, 5.41) is 3.02. The van der Waals surface area contributed by atoms with Crippen LogP contribution in [0.2, 0.25) is 0 Å². The fourth-order valence-electron chi connectivity index (χ4n) is 1.93. The zero-order chi connectivity index (χ0) is 12.4. The van der Waals surface area contributed by atoms with Gasteiger partial charge in [-0.2, -0.15) is 0 Å². The molecule has 0 fully saturated rings. The van der Waals surface area contributed by atoms with Crippen molar-refractivity contribution in [3.63, 3.8) is 0 Å². The largest absolute Gasteiger partial charge is 0.388 e. The molecule has 0 aliphatic carbocycles. The lowest BCUT2D eigenvalue weighted by Crippen LogP contribution is -2.48. The molecule has 0 spiro atoms. The molecule has 17 heavy (non-hydrogen) atoms. The number of carbonyl (C=O) groups is 2. The third-order valence-electron chi connectivity index (χ3n) is 2.79. The number of aryl methyl sites for hydroxylation is 1. The topological polar surface area (TPSA) is 87.5 Å². The number of hydrogen-bond donors (Lipinski definition) is 3. The van der Waals surface area contributed by atoms with Crippen molar-refractivity contribution in [3.8, 4) is 0 Å². The number of nitrogens with one attached hydrogen (secondary N) is 2. The van der Waals surface area contributed by atoms with Crippen LogP contribution in [0.15, 0.2) is 18.2 Å². The van der Waals surface area contributed by atoms with E-state index in [1.165, 1.54) is 0 Å². The second-order valence-corrected chi connectivity index (χ2v) is 3.77. The summed E-state index contributed by atoms with van der Waals surface area (Å²) in [5.41, 5.74) is 4.49. The number of rotatable bonds is 1. The van der Waals surface area contributed by atoms with Crippen LogP contribution in [0.4, 0.5) is 16.2 Å². The van der Waals surface area contributed by atoms with Crippen LogP contribution in [-0.2, 0) is 11.2 Å². The summed E-state index contributed by atoms with van der Waals surface area (Å²) in [5.74, 6) is 4.83. The molecule has 0 atom stereocenters. The number of benzene rings is 1. The zero-order valence-corrected chi connectivity index (χ0v) is 9.49. The summed E-state index contributed by atoms with van der Waals surface area (Å²) in [6.07, 6.45) is 0.950. The number of nitrogens with zero attached hydrogens (tertiary/aromatic N) is 1. The molecule has 0 radical (unpaired) electrons. The van der Waals surface area contributed by atoms with Gasteiger partial charge in [-0.1, -0.05) is 0 Å². The molecule has 1 aromatic rings. The molecule has 1 aromatic carbocycles. The SMILES string of the molecule is CNc1ccc2c(c1)CCC(=O)N2C(=O)NN. The van der Waals surface area contributed by atoms with Crippen molar-refractivity contribution in [2.24, 2.45) is 5.84 Å². The number of hydrazine groups is 1. The Morgan fingerprint density at radius 1 is 1.41 bits per heavy atom. The van der Waals surface area contributed by atoms with Gasteiger partial charge in [-0.05, 0) is 30.2 Å². The Balaban J connectivity index is 2.45. The van der Waals surface area contributed by atoms with Gasteiger partial charge in [0.15, 0.2) is 0 Å². The Kier molecular flexibility index (Phi) is 2.97. The molecule has 1 aliphatic heterocycles. The van der Waals surface area contributed by atoms with E-state index in [0.717, 1.165) is 16.2 Å². The molecule has 0 bridgehead atoms. The molecular formula is C11H14N4O2. The molecule has 0 unspecified atom stereocenters. The summed E-state index contributed by atoms with van der Waals surface area (Å²) in [6.45, 7) is 0. The molecule has 90 valence electrons. The maximum Gasteiger partial charge on any atom is 0.342 e. The van der Waals surface area contributed by atoms with Gasteiger partial charge in [0.2, 0.25) is 5.91 Å². The van der Waals surface area contributed by atoms with E-state index in [4.69, 9.17) is 5.84 Å². The minimum Gasteiger partial charge on any atom is -0.388 e. The molecule has 6 heteroatoms. The Bertz CT molecular complexity index is 473. The minimum atomic E-state index is -0.604. The van der Waals surface area contributed by atoms with E-state index in [-0.39, 0.29) is 5.91 Å². The van der Waals surface area contributed by atoms with Crippen LogP contribution < -0.4 is 21.5 Å². The predicted molar refractivity (Wildman–Crippen MR) is 64.5 cm³/mol. The van der Waals surface area contributed by atoms with E-state index < -0.39 is 6.03 Å². The van der Waals surface area contributed by atoms with Gasteiger partial charge in [0.25, 0.3) is 0 Å². The lowest BCUT2D eigenvalue weighted by atomic mass is 10.0. The van der Waals surface area contributed by atoms with Crippen molar-refractivity contribution in [3.05, 3.63) is 23.8 Å². The highest BCUT2D eigenvalue weighted by Gasteiger charge is 2.29. The molecule has 6 nitrogen and oxygen atoms in total. The van der Waals surface area contributed by atoms with Crippen LogP contribution >= 0.6 is 0 Å². The van der Waals surface area contributed by atoms with Gasteiger partial charge >= 0.3 is 6.03 Å². The lowest BCUT2D eigenvalue weighted by molar-refractivity contribution is -0.118. The summed E-state index contributed by atoms with van der Waals surface area (Å²) >= 11 is 0. The highest BCUT2D eigenvalue weighted by molar-refractivity contribution is 6.15. The van der Waals surface area contributed by atoms with Crippen molar-refractivity contribution >= 4 is 23.3 Å². The molecule has 1 aliphatic rings. The van der Waals surface area contributed by atoms with Gasteiger partial charge in [0, 0.05) is 19.2 Å². The number of anilines is 2. The van der Waals surface area contributed by atoms with Crippen molar-refractivity contribution < 1.29 is 9.59 Å². The number of hydrogen-bond acceptors (Lipinski definition) is 4. The average molecular weight is 234 g/mol. The number of carbonyl (C=O) groups excluding carboxylic acids is 2. The number of urea groups is 1. The second kappa shape index (κ2) is 4.42. The third-order valence-corrected chi connectivity index (χ3v) is 2.79. The van der Waals surface area contributed by atoms with E-state index in [1.54, 1.807) is 6.07 Å². The van der Waals surface area contributed by atoms with Gasteiger partial charge in [0.1, 0.15) is 0 Å². The summed E-state index contributed by atoms with van der Waals surface area (Å²) in [7, 11) is 1.82. The van der Waals surface area contributed by atoms with E-state index in [1.807, 2.05) is 24.6 Å². The summed E-state index contributed by atoms with van der Waals surface area (Å²) < 4.78 is 0. The van der Waals surface area contributed by atoms with E-state index in [9.17, 15) is 9.59 Å². The van der Waals surface area contributed by atoms with Crippen LogP contribution in [0.5, 0.6) is 0 Å². The molecule has 0 saturated heterocycles. The predicted octanol–water partition coefficient (Wildman–Crippen LogP) is 0.591. The molecule has 1 heterocycles. The minimum absolute atomic E-state index is 0.238. The van der Waals surface area contributed by atoms with E-state index in [0.29, 0.717) is 18.5 Å². The summed E-state index contributed by atoms with van der Waals surface area (Å²) in [4.78, 5) is 24.3. The Morgan fingerprint density at radius 3 is 2.82 bits per heavy atom. The van der Waals surface area contributed by atoms with Crippen molar-refractivity contribution in [2.75, 3.05) is 17.3 Å². The van der Waals surface area contributed by atoms with Crippen molar-refractivity contribution in [1.82, 2.24) is 5.43 Å². The molecular weight excluding hydrogens is 220 g/mol. The fourth-order valence-corrected chi connectivity index (χ4v) is 1.93. The zero-order valence-electron chi connectivity index (χ0n) is 9.49. The van der Waals surface area contributed by atoms with Gasteiger partial charge in [0.05, 0.1) is 5.69 Å². The Labute approximate surface area is 98.7 Å². The molecule has 0 saturated carbocycles. The van der Waals surface area contributed by atoms with Crippen LogP contribution in [0.25, 0.3) is 0 Å². The third kappa shape index (κ3) is 1.94. The van der Waals surface area contributed by atoms with E-state index in [2.05, 4.69) is 5.32 Å². The standard InChI is InChI=1S/C11H14N4O2/c1-13-8-3-4-9-7(6-8)2-5-10(16)15(9)11(17)14-12/h3-4,6,13H,2,5,12H2,1H3,(H,14,17). The number of amides is 3. The van der Waals surface area contributed by atoms with Crippen LogP contribution in [0.1, 0.15) is 12.0 Å². The van der Waals surface area contributed by atoms with Crippen molar-refractivity contribution in [2.45, 2.75) is 12.8 Å². The monoisotopic (exact) mass is 234 g/mol. The normalized spacial score (nSPS) is 14.2. The fraction of sp³-hybridized carbons (Fsp3) is 0.273. The number of imide groups is 1. The highest BCUT2D eigenvalue weighted by atomic mass is 16.2. The lowest BCUT2D eigenvalue weighted by Gasteiger charge is -2.27. The van der Waals surface area contributed by atoms with E-state index >= 15 is 0 Å². The van der Waals surface area contributed by atoms with Crippen LogP contribution in [0.3, 0.4) is 0 Å². The van der Waals surface area contributed by atoms with Gasteiger partial charge in [-0.25, -0.2) is 15.5 Å². The molecule has 4 N–H and O–H groups in total. The Morgan fingerprint density at radius 2 is 2.18 bits per heavy atom. The second-order valence-electron chi connectivity index (χ2n) is 3.77. The van der Waals surface area contributed by atoms with Gasteiger partial charge < -0.3 is 5.32 Å². The maximum atomic E-state index is 11.7. The first-order valence-corrected chi connectivity index (χ1v) is 5.31.